The van der Waals surface area contributed by atoms with Gasteiger partial charge in [-0.05, 0) is 50.1 Å². The molecule has 0 bridgehead atoms. The molecule has 0 saturated carbocycles. The monoisotopic (exact) mass is 461 g/mol. The molecule has 1 N–H and O–H groups in total. The maximum Gasteiger partial charge on any atom is 0.344 e. The Morgan fingerprint density at radius 1 is 1.06 bits per heavy atom. The number of hydrogen-bond donors (Lipinski definition) is 1. The number of piperidine rings is 1. The van der Waals surface area contributed by atoms with E-state index in [1.54, 1.807) is 30.3 Å². The third-order valence-electron chi connectivity index (χ3n) is 6.81. The normalized spacial score (nSPS) is 16.8. The highest BCUT2D eigenvalue weighted by Crippen LogP contribution is 2.35. The van der Waals surface area contributed by atoms with Crippen LogP contribution < -0.4 is 16.0 Å². The summed E-state index contributed by atoms with van der Waals surface area (Å²) in [5.41, 5.74) is 0.693. The Bertz CT molecular complexity index is 1480. The summed E-state index contributed by atoms with van der Waals surface area (Å²) in [6.07, 6.45) is 4.41. The number of phenolic OH excluding ortho intramolecular Hbond substituents is 1. The maximum atomic E-state index is 13.0. The van der Waals surface area contributed by atoms with E-state index in [9.17, 15) is 14.7 Å². The molecule has 0 spiro atoms. The molecule has 4 aromatic rings. The third-order valence-corrected chi connectivity index (χ3v) is 6.81. The van der Waals surface area contributed by atoms with E-state index in [0.717, 1.165) is 25.8 Å². The van der Waals surface area contributed by atoms with Crippen molar-refractivity contribution in [1.82, 2.24) is 4.90 Å². The Kier molecular flexibility index (Phi) is 5.87. The summed E-state index contributed by atoms with van der Waals surface area (Å²) < 4.78 is 16.5. The quantitative estimate of drug-likeness (QED) is 0.416. The second-order valence-electron chi connectivity index (χ2n) is 8.77. The lowest BCUT2D eigenvalue weighted by Crippen LogP contribution is -2.38. The maximum absolute atomic E-state index is 13.0. The topological polar surface area (TPSA) is 93.1 Å². The highest BCUT2D eigenvalue weighted by atomic mass is 16.5. The fourth-order valence-electron chi connectivity index (χ4n) is 5.05. The minimum absolute atomic E-state index is 0.0727. The van der Waals surface area contributed by atoms with Crippen LogP contribution in [0, 0.1) is 0 Å². The third kappa shape index (κ3) is 3.86. The molecule has 7 nitrogen and oxygen atoms in total. The van der Waals surface area contributed by atoms with Gasteiger partial charge in [-0.1, -0.05) is 25.5 Å². The van der Waals surface area contributed by atoms with Gasteiger partial charge in [0.15, 0.2) is 11.3 Å². The molecule has 1 fully saturated rings. The van der Waals surface area contributed by atoms with Crippen LogP contribution in [-0.2, 0) is 6.54 Å². The molecule has 176 valence electrons. The van der Waals surface area contributed by atoms with Crippen LogP contribution in [0.25, 0.3) is 33.1 Å². The Morgan fingerprint density at radius 3 is 2.71 bits per heavy atom. The zero-order valence-electron chi connectivity index (χ0n) is 19.3. The predicted octanol–water partition coefficient (Wildman–Crippen LogP) is 5.05. The molecule has 0 aliphatic carbocycles. The van der Waals surface area contributed by atoms with E-state index >= 15 is 0 Å². The number of nitrogens with zero attached hydrogens (tertiary/aromatic N) is 1. The molecule has 34 heavy (non-hydrogen) atoms. The van der Waals surface area contributed by atoms with Crippen molar-refractivity contribution >= 4 is 21.9 Å². The molecule has 5 rings (SSSR count). The number of para-hydroxylation sites is 1. The molecule has 0 radical (unpaired) electrons. The van der Waals surface area contributed by atoms with Gasteiger partial charge < -0.3 is 18.7 Å². The van der Waals surface area contributed by atoms with Crippen LogP contribution in [0.2, 0.25) is 0 Å². The molecule has 1 unspecified atom stereocenters. The van der Waals surface area contributed by atoms with Crippen LogP contribution in [0.15, 0.2) is 60.9 Å². The molecule has 2 aromatic carbocycles. The minimum atomic E-state index is -0.592. The fourth-order valence-corrected chi connectivity index (χ4v) is 5.05. The standard InChI is InChI=1S/C27H27NO6/c1-3-17-8-4-5-12-28(17)15-21-22(29)11-10-18-19(14-24(30)33-26(18)21)20-13-16-7-6-9-23(32-2)25(16)34-27(20)31/h6-7,9-11,13-14,17,29H,3-5,8,12,15H2,1-2H3. The van der Waals surface area contributed by atoms with E-state index in [1.807, 2.05) is 6.07 Å². The van der Waals surface area contributed by atoms with Crippen molar-refractivity contribution in [2.24, 2.45) is 0 Å². The highest BCUT2D eigenvalue weighted by Gasteiger charge is 2.24. The van der Waals surface area contributed by atoms with E-state index in [2.05, 4.69) is 11.8 Å². The molecule has 2 aromatic heterocycles. The van der Waals surface area contributed by atoms with Crippen LogP contribution in [0.4, 0.5) is 0 Å². The number of methoxy groups -OCH3 is 1. The van der Waals surface area contributed by atoms with Gasteiger partial charge in [-0.25, -0.2) is 9.59 Å². The summed E-state index contributed by atoms with van der Waals surface area (Å²) in [5, 5.41) is 12.0. The van der Waals surface area contributed by atoms with Crippen molar-refractivity contribution in [3.05, 3.63) is 68.9 Å². The first-order chi connectivity index (χ1) is 16.5. The first-order valence-corrected chi connectivity index (χ1v) is 11.6. The van der Waals surface area contributed by atoms with Crippen LogP contribution in [0.3, 0.4) is 0 Å². The number of benzene rings is 2. The lowest BCUT2D eigenvalue weighted by atomic mass is 9.97. The Balaban J connectivity index is 1.70. The first-order valence-electron chi connectivity index (χ1n) is 11.6. The molecule has 7 heteroatoms. The first kappa shape index (κ1) is 22.2. The van der Waals surface area contributed by atoms with Gasteiger partial charge in [0.05, 0.1) is 18.2 Å². The minimum Gasteiger partial charge on any atom is -0.507 e. The van der Waals surface area contributed by atoms with E-state index in [4.69, 9.17) is 13.6 Å². The molecular weight excluding hydrogens is 434 g/mol. The second-order valence-corrected chi connectivity index (χ2v) is 8.77. The van der Waals surface area contributed by atoms with Crippen LogP contribution in [0.5, 0.6) is 11.5 Å². The highest BCUT2D eigenvalue weighted by molar-refractivity contribution is 5.97. The summed E-state index contributed by atoms with van der Waals surface area (Å²) >= 11 is 0. The van der Waals surface area contributed by atoms with Gasteiger partial charge in [-0.15, -0.1) is 0 Å². The smallest absolute Gasteiger partial charge is 0.344 e. The molecule has 0 amide bonds. The van der Waals surface area contributed by atoms with E-state index in [-0.39, 0.29) is 11.3 Å². The lowest BCUT2D eigenvalue weighted by molar-refractivity contribution is 0.135. The van der Waals surface area contributed by atoms with Crippen molar-refractivity contribution in [2.45, 2.75) is 45.2 Å². The zero-order chi connectivity index (χ0) is 23.8. The molecular formula is C27H27NO6. The summed E-state index contributed by atoms with van der Waals surface area (Å²) in [6, 6.07) is 12.0. The summed E-state index contributed by atoms with van der Waals surface area (Å²) in [7, 11) is 1.51. The number of phenols is 1. The Labute approximate surface area is 196 Å². The largest absolute Gasteiger partial charge is 0.507 e. The number of rotatable bonds is 5. The summed E-state index contributed by atoms with van der Waals surface area (Å²) in [4.78, 5) is 27.9. The van der Waals surface area contributed by atoms with Crippen LogP contribution in [-0.4, -0.2) is 29.7 Å². The van der Waals surface area contributed by atoms with Crippen molar-refractivity contribution < 1.29 is 18.7 Å². The number of hydrogen-bond acceptors (Lipinski definition) is 7. The van der Waals surface area contributed by atoms with Gasteiger partial charge in [-0.2, -0.15) is 0 Å². The number of ether oxygens (including phenoxy) is 1. The zero-order valence-corrected chi connectivity index (χ0v) is 19.3. The molecule has 1 aliphatic rings. The summed E-state index contributed by atoms with van der Waals surface area (Å²) in [6.45, 7) is 3.56. The number of aromatic hydroxyl groups is 1. The molecule has 3 heterocycles. The Morgan fingerprint density at radius 2 is 1.91 bits per heavy atom. The van der Waals surface area contributed by atoms with Gasteiger partial charge in [-0.3, -0.25) is 4.90 Å². The van der Waals surface area contributed by atoms with E-state index < -0.39 is 11.3 Å². The number of likely N-dealkylation sites (tertiary alicyclic amines) is 1. The van der Waals surface area contributed by atoms with Gasteiger partial charge in [0.25, 0.3) is 0 Å². The average Bonchev–Trinajstić information content (AvgIpc) is 2.85. The SMILES string of the molecule is CCC1CCCCN1Cc1c(O)ccc2c(-c3cc4cccc(OC)c4oc3=O)cc(=O)oc12. The molecule has 1 saturated heterocycles. The van der Waals surface area contributed by atoms with Crippen molar-refractivity contribution in [3.8, 4) is 22.6 Å². The summed E-state index contributed by atoms with van der Waals surface area (Å²) in [5.74, 6) is 0.529. The van der Waals surface area contributed by atoms with Gasteiger partial charge in [0.2, 0.25) is 0 Å². The van der Waals surface area contributed by atoms with Crippen LogP contribution >= 0.6 is 0 Å². The average molecular weight is 462 g/mol. The lowest BCUT2D eigenvalue weighted by Gasteiger charge is -2.35. The number of fused-ring (bicyclic) bond motifs is 2. The Hall–Kier alpha value is -3.58. The van der Waals surface area contributed by atoms with E-state index in [1.165, 1.54) is 19.6 Å². The second kappa shape index (κ2) is 8.99. The van der Waals surface area contributed by atoms with Gasteiger partial charge in [0.1, 0.15) is 11.3 Å². The van der Waals surface area contributed by atoms with E-state index in [0.29, 0.717) is 51.4 Å². The van der Waals surface area contributed by atoms with Gasteiger partial charge in [0, 0.05) is 35.0 Å². The van der Waals surface area contributed by atoms with Crippen LogP contribution in [0.1, 0.15) is 38.2 Å². The molecule has 1 aliphatic heterocycles. The van der Waals surface area contributed by atoms with Gasteiger partial charge >= 0.3 is 11.3 Å². The fraction of sp³-hybridized carbons (Fsp3) is 0.333. The molecule has 1 atom stereocenters. The predicted molar refractivity (Wildman–Crippen MR) is 131 cm³/mol. The van der Waals surface area contributed by atoms with Crippen molar-refractivity contribution in [1.29, 1.82) is 0 Å². The van der Waals surface area contributed by atoms with Crippen molar-refractivity contribution in [2.75, 3.05) is 13.7 Å². The van der Waals surface area contributed by atoms with Crippen molar-refractivity contribution in [3.63, 3.8) is 0 Å².